The Labute approximate surface area is 116 Å². The Bertz CT molecular complexity index is 504. The van der Waals surface area contributed by atoms with Gasteiger partial charge in [-0.3, -0.25) is 0 Å². The normalized spacial score (nSPS) is 12.5. The predicted molar refractivity (Wildman–Crippen MR) is 80.5 cm³/mol. The lowest BCUT2D eigenvalue weighted by Gasteiger charge is -2.05. The molecule has 0 bridgehead atoms. The first-order valence-corrected chi connectivity index (χ1v) is 9.47. The first-order valence-electron chi connectivity index (χ1n) is 5.26. The van der Waals surface area contributed by atoms with Gasteiger partial charge in [-0.05, 0) is 35.4 Å². The molecule has 0 aliphatic carbocycles. The molecule has 1 aromatic rings. The topological polar surface area (TPSA) is 43.4 Å². The molecule has 0 spiro atoms. The number of methoxy groups -OCH3 is 1. The van der Waals surface area contributed by atoms with E-state index in [1.165, 1.54) is 27.8 Å². The van der Waals surface area contributed by atoms with Gasteiger partial charge in [0.05, 0.1) is 7.11 Å². The highest BCUT2D eigenvalue weighted by Gasteiger charge is 2.11. The van der Waals surface area contributed by atoms with Crippen LogP contribution < -0.4 is 4.74 Å². The van der Waals surface area contributed by atoms with Crippen molar-refractivity contribution in [2.45, 2.75) is 12.7 Å². The van der Waals surface area contributed by atoms with Gasteiger partial charge in [0, 0.05) is 12.0 Å². The summed E-state index contributed by atoms with van der Waals surface area (Å²) in [4.78, 5) is 0. The highest BCUT2D eigenvalue weighted by molar-refractivity contribution is 8.79. The van der Waals surface area contributed by atoms with Gasteiger partial charge in [0.1, 0.15) is 9.99 Å². The summed E-state index contributed by atoms with van der Waals surface area (Å²) in [6, 6.07) is 7.74. The average molecular weight is 304 g/mol. The smallest absolute Gasteiger partial charge is 0.181 e. The Morgan fingerprint density at radius 3 is 2.39 bits per heavy atom. The van der Waals surface area contributed by atoms with Crippen LogP contribution in [-0.2, 0) is 15.6 Å². The van der Waals surface area contributed by atoms with Crippen LogP contribution in [0.1, 0.15) is 12.5 Å². The van der Waals surface area contributed by atoms with Gasteiger partial charge in [-0.1, -0.05) is 29.0 Å². The van der Waals surface area contributed by atoms with E-state index in [-0.39, 0.29) is 0 Å². The summed E-state index contributed by atoms with van der Waals surface area (Å²) in [5, 5.41) is 0. The van der Waals surface area contributed by atoms with Crippen molar-refractivity contribution in [2.75, 3.05) is 13.4 Å². The van der Waals surface area contributed by atoms with E-state index in [0.717, 1.165) is 17.1 Å². The molecule has 6 heteroatoms. The molecule has 0 saturated carbocycles. The summed E-state index contributed by atoms with van der Waals surface area (Å²) in [5.41, 5.74) is 1.14. The van der Waals surface area contributed by atoms with Crippen LogP contribution in [0.3, 0.4) is 0 Å². The zero-order valence-corrected chi connectivity index (χ0v) is 13.0. The van der Waals surface area contributed by atoms with Crippen molar-refractivity contribution in [3.63, 3.8) is 0 Å². The molecule has 0 amide bonds. The van der Waals surface area contributed by atoms with Gasteiger partial charge >= 0.3 is 0 Å². The van der Waals surface area contributed by atoms with E-state index in [1.807, 2.05) is 24.3 Å². The maximum Gasteiger partial charge on any atom is 0.181 e. The third kappa shape index (κ3) is 4.96. The number of allylic oxidation sites excluding steroid dienone is 1. The van der Waals surface area contributed by atoms with E-state index < -0.39 is 9.84 Å². The Kier molecular flexibility index (Phi) is 6.11. The molecule has 0 atom stereocenters. The van der Waals surface area contributed by atoms with E-state index in [0.29, 0.717) is 4.24 Å². The molecule has 0 radical (unpaired) electrons. The standard InChI is InChI=1S/C12H16O3S3/c1-4-12(18(3,13)14)17-16-9-10-5-7-11(15-2)8-6-10/h4-8H,9H2,1-3H3. The van der Waals surface area contributed by atoms with Crippen LogP contribution in [0.2, 0.25) is 0 Å². The molecule has 0 saturated heterocycles. The number of hydrogen-bond donors (Lipinski definition) is 0. The molecule has 18 heavy (non-hydrogen) atoms. The minimum atomic E-state index is -3.10. The molecular weight excluding hydrogens is 288 g/mol. The molecular formula is C12H16O3S3. The molecule has 0 unspecified atom stereocenters. The lowest BCUT2D eigenvalue weighted by atomic mass is 10.2. The monoisotopic (exact) mass is 304 g/mol. The molecule has 0 heterocycles. The van der Waals surface area contributed by atoms with Crippen LogP contribution in [0.15, 0.2) is 34.6 Å². The van der Waals surface area contributed by atoms with Gasteiger partial charge < -0.3 is 4.74 Å². The van der Waals surface area contributed by atoms with E-state index in [1.54, 1.807) is 20.1 Å². The number of rotatable bonds is 6. The number of sulfone groups is 1. The van der Waals surface area contributed by atoms with Gasteiger partial charge in [-0.2, -0.15) is 0 Å². The zero-order chi connectivity index (χ0) is 13.6. The van der Waals surface area contributed by atoms with E-state index >= 15 is 0 Å². The maximum absolute atomic E-state index is 11.4. The van der Waals surface area contributed by atoms with Crippen molar-refractivity contribution in [3.8, 4) is 5.75 Å². The first kappa shape index (κ1) is 15.5. The Hall–Kier alpha value is -0.590. The number of benzene rings is 1. The summed E-state index contributed by atoms with van der Waals surface area (Å²) < 4.78 is 28.2. The molecule has 0 aliphatic rings. The third-order valence-corrected chi connectivity index (χ3v) is 6.78. The van der Waals surface area contributed by atoms with Crippen molar-refractivity contribution >= 4 is 31.4 Å². The zero-order valence-electron chi connectivity index (χ0n) is 10.5. The third-order valence-electron chi connectivity index (χ3n) is 2.13. The van der Waals surface area contributed by atoms with Gasteiger partial charge in [-0.25, -0.2) is 8.42 Å². The minimum absolute atomic E-state index is 0.404. The van der Waals surface area contributed by atoms with E-state index in [4.69, 9.17) is 4.74 Å². The van der Waals surface area contributed by atoms with Crippen molar-refractivity contribution in [2.24, 2.45) is 0 Å². The first-order chi connectivity index (χ1) is 8.47. The highest BCUT2D eigenvalue weighted by Crippen LogP contribution is 2.35. The SMILES string of the molecule is CC=C(SSCc1ccc(OC)cc1)S(C)(=O)=O. The van der Waals surface area contributed by atoms with Crippen LogP contribution in [-0.4, -0.2) is 21.8 Å². The minimum Gasteiger partial charge on any atom is -0.497 e. The van der Waals surface area contributed by atoms with Crippen molar-refractivity contribution < 1.29 is 13.2 Å². The van der Waals surface area contributed by atoms with Crippen LogP contribution >= 0.6 is 21.6 Å². The largest absolute Gasteiger partial charge is 0.497 e. The lowest BCUT2D eigenvalue weighted by Crippen LogP contribution is -1.95. The van der Waals surface area contributed by atoms with Gasteiger partial charge in [0.25, 0.3) is 0 Å². The lowest BCUT2D eigenvalue weighted by molar-refractivity contribution is 0.414. The fourth-order valence-corrected chi connectivity index (χ4v) is 5.49. The average Bonchev–Trinajstić information content (AvgIpc) is 2.34. The number of ether oxygens (including phenoxy) is 1. The highest BCUT2D eigenvalue weighted by atomic mass is 33.1. The molecule has 1 rings (SSSR count). The second-order valence-corrected chi connectivity index (χ2v) is 8.15. The molecule has 100 valence electrons. The van der Waals surface area contributed by atoms with Gasteiger partial charge in [-0.15, -0.1) is 0 Å². The van der Waals surface area contributed by atoms with Crippen LogP contribution in [0, 0.1) is 0 Å². The Morgan fingerprint density at radius 1 is 1.33 bits per heavy atom. The van der Waals surface area contributed by atoms with Gasteiger partial charge in [0.2, 0.25) is 0 Å². The molecule has 0 fully saturated rings. The quantitative estimate of drug-likeness (QED) is 0.753. The second-order valence-electron chi connectivity index (χ2n) is 3.57. The van der Waals surface area contributed by atoms with Crippen LogP contribution in [0.5, 0.6) is 5.75 Å². The summed E-state index contributed by atoms with van der Waals surface area (Å²) in [6.45, 7) is 1.73. The fraction of sp³-hybridized carbons (Fsp3) is 0.333. The molecule has 0 aliphatic heterocycles. The molecule has 0 aromatic heterocycles. The number of hydrogen-bond acceptors (Lipinski definition) is 5. The summed E-state index contributed by atoms with van der Waals surface area (Å²) in [6.07, 6.45) is 2.85. The molecule has 1 aromatic carbocycles. The van der Waals surface area contributed by atoms with Gasteiger partial charge in [0.15, 0.2) is 9.84 Å². The van der Waals surface area contributed by atoms with Crippen LogP contribution in [0.4, 0.5) is 0 Å². The van der Waals surface area contributed by atoms with E-state index in [9.17, 15) is 8.42 Å². The summed E-state index contributed by atoms with van der Waals surface area (Å²) >= 11 is 0. The van der Waals surface area contributed by atoms with Crippen molar-refractivity contribution in [3.05, 3.63) is 40.1 Å². The Balaban J connectivity index is 2.51. The maximum atomic E-state index is 11.4. The van der Waals surface area contributed by atoms with Crippen molar-refractivity contribution in [1.82, 2.24) is 0 Å². The molecule has 0 N–H and O–H groups in total. The predicted octanol–water partition coefficient (Wildman–Crippen LogP) is 3.48. The summed E-state index contributed by atoms with van der Waals surface area (Å²) in [7, 11) is 1.33. The molecule has 3 nitrogen and oxygen atoms in total. The Morgan fingerprint density at radius 2 is 1.94 bits per heavy atom. The fourth-order valence-electron chi connectivity index (χ4n) is 1.20. The second kappa shape index (κ2) is 7.11. The summed E-state index contributed by atoms with van der Waals surface area (Å²) in [5.74, 6) is 1.57. The van der Waals surface area contributed by atoms with E-state index in [2.05, 4.69) is 0 Å². The van der Waals surface area contributed by atoms with Crippen molar-refractivity contribution in [1.29, 1.82) is 0 Å². The van der Waals surface area contributed by atoms with Crippen LogP contribution in [0.25, 0.3) is 0 Å².